The molecule has 2 aromatic rings. The van der Waals surface area contributed by atoms with Crippen molar-refractivity contribution in [3.63, 3.8) is 0 Å². The second kappa shape index (κ2) is 7.66. The Morgan fingerprint density at radius 3 is 2.33 bits per heavy atom. The number of nitrogens with zero attached hydrogens (tertiary/aromatic N) is 2. The van der Waals surface area contributed by atoms with Gasteiger partial charge in [-0.1, -0.05) is 17.7 Å². The van der Waals surface area contributed by atoms with E-state index in [-0.39, 0.29) is 11.3 Å². The minimum absolute atomic E-state index is 0.0301. The predicted octanol–water partition coefficient (Wildman–Crippen LogP) is 2.74. The molecule has 0 unspecified atom stereocenters. The van der Waals surface area contributed by atoms with Gasteiger partial charge in [0.1, 0.15) is 0 Å². The van der Waals surface area contributed by atoms with Crippen molar-refractivity contribution in [2.24, 2.45) is 0 Å². The Morgan fingerprint density at radius 1 is 1.07 bits per heavy atom. The third kappa shape index (κ3) is 4.84. The molecule has 1 saturated heterocycles. The lowest BCUT2D eigenvalue weighted by molar-refractivity contribution is 0.0697. The van der Waals surface area contributed by atoms with Crippen LogP contribution in [0, 0.1) is 0 Å². The second-order valence-electron chi connectivity index (χ2n) is 6.37. The molecule has 7 nitrogen and oxygen atoms in total. The van der Waals surface area contributed by atoms with Gasteiger partial charge in [-0.2, -0.15) is 0 Å². The number of carboxylic acids is 1. The summed E-state index contributed by atoms with van der Waals surface area (Å²) in [5.41, 5.74) is 2.00. The SMILES string of the molecule is CS(=O)(=O)Nc1cc(C(=O)O)ccc1N1CCN(c2cccc(Cl)c2)CC1. The summed E-state index contributed by atoms with van der Waals surface area (Å²) in [7, 11) is -3.53. The fourth-order valence-electron chi connectivity index (χ4n) is 3.10. The van der Waals surface area contributed by atoms with E-state index in [9.17, 15) is 18.3 Å². The van der Waals surface area contributed by atoms with Crippen molar-refractivity contribution in [3.8, 4) is 0 Å². The standard InChI is InChI=1S/C18H20ClN3O4S/c1-27(25,26)20-16-11-13(18(23)24)5-6-17(16)22-9-7-21(8-10-22)15-4-2-3-14(19)12-15/h2-6,11-12,20H,7-10H2,1H3,(H,23,24). The molecule has 9 heteroatoms. The van der Waals surface area contributed by atoms with Crippen LogP contribution in [0.25, 0.3) is 0 Å². The fraction of sp³-hybridized carbons (Fsp3) is 0.278. The van der Waals surface area contributed by atoms with E-state index in [0.29, 0.717) is 23.8 Å². The molecule has 0 bridgehead atoms. The lowest BCUT2D eigenvalue weighted by Gasteiger charge is -2.38. The first-order chi connectivity index (χ1) is 12.7. The molecule has 1 aliphatic rings. The van der Waals surface area contributed by atoms with E-state index >= 15 is 0 Å². The molecule has 0 amide bonds. The Bertz CT molecular complexity index is 957. The number of hydrogen-bond donors (Lipinski definition) is 2. The van der Waals surface area contributed by atoms with E-state index < -0.39 is 16.0 Å². The molecule has 2 aromatic carbocycles. The van der Waals surface area contributed by atoms with Gasteiger partial charge in [0.15, 0.2) is 0 Å². The highest BCUT2D eigenvalue weighted by atomic mass is 35.5. The fourth-order valence-corrected chi connectivity index (χ4v) is 3.85. The van der Waals surface area contributed by atoms with Crippen LogP contribution in [0.3, 0.4) is 0 Å². The molecule has 0 spiro atoms. The number of benzene rings is 2. The quantitative estimate of drug-likeness (QED) is 0.789. The number of carbonyl (C=O) groups is 1. The normalized spacial score (nSPS) is 14.9. The molecule has 144 valence electrons. The number of sulfonamides is 1. The summed E-state index contributed by atoms with van der Waals surface area (Å²) in [6.07, 6.45) is 1.04. The molecule has 0 aromatic heterocycles. The van der Waals surface area contributed by atoms with Crippen molar-refractivity contribution < 1.29 is 18.3 Å². The summed E-state index contributed by atoms with van der Waals surface area (Å²) >= 11 is 6.06. The maximum absolute atomic E-state index is 11.7. The van der Waals surface area contributed by atoms with Crippen molar-refractivity contribution in [2.75, 3.05) is 47.0 Å². The Morgan fingerprint density at radius 2 is 1.74 bits per heavy atom. The monoisotopic (exact) mass is 409 g/mol. The van der Waals surface area contributed by atoms with Crippen LogP contribution in [0.5, 0.6) is 0 Å². The third-order valence-corrected chi connectivity index (χ3v) is 5.16. The third-order valence-electron chi connectivity index (χ3n) is 4.33. The summed E-state index contributed by atoms with van der Waals surface area (Å²) < 4.78 is 25.8. The molecule has 0 radical (unpaired) electrons. The van der Waals surface area contributed by atoms with Gasteiger partial charge in [-0.25, -0.2) is 13.2 Å². The number of carboxylic acid groups (broad SMARTS) is 1. The lowest BCUT2D eigenvalue weighted by atomic mass is 10.1. The zero-order valence-corrected chi connectivity index (χ0v) is 16.3. The Labute approximate surface area is 163 Å². The number of anilines is 3. The zero-order valence-electron chi connectivity index (χ0n) is 14.7. The summed E-state index contributed by atoms with van der Waals surface area (Å²) in [5.74, 6) is -1.11. The van der Waals surface area contributed by atoms with Crippen LogP contribution in [0.2, 0.25) is 5.02 Å². The highest BCUT2D eigenvalue weighted by molar-refractivity contribution is 7.92. The molecule has 0 saturated carbocycles. The van der Waals surface area contributed by atoms with Crippen LogP contribution in [0.15, 0.2) is 42.5 Å². The van der Waals surface area contributed by atoms with Gasteiger partial charge in [-0.15, -0.1) is 0 Å². The number of hydrogen-bond acceptors (Lipinski definition) is 5. The molecule has 0 aliphatic carbocycles. The lowest BCUT2D eigenvalue weighted by Crippen LogP contribution is -2.46. The van der Waals surface area contributed by atoms with E-state index in [1.165, 1.54) is 12.1 Å². The van der Waals surface area contributed by atoms with E-state index in [1.807, 2.05) is 29.2 Å². The molecule has 1 heterocycles. The minimum Gasteiger partial charge on any atom is -0.478 e. The Hall–Kier alpha value is -2.45. The van der Waals surface area contributed by atoms with Gasteiger partial charge in [0, 0.05) is 36.9 Å². The number of halogens is 1. The van der Waals surface area contributed by atoms with Crippen LogP contribution in [0.4, 0.5) is 17.1 Å². The number of piperazine rings is 1. The van der Waals surface area contributed by atoms with Crippen LogP contribution >= 0.6 is 11.6 Å². The van der Waals surface area contributed by atoms with Crippen LogP contribution in [-0.4, -0.2) is 51.9 Å². The number of rotatable bonds is 5. The summed E-state index contributed by atoms with van der Waals surface area (Å²) in [4.78, 5) is 15.5. The summed E-state index contributed by atoms with van der Waals surface area (Å²) in [6.45, 7) is 2.80. The molecule has 1 fully saturated rings. The van der Waals surface area contributed by atoms with Gasteiger partial charge in [-0.05, 0) is 36.4 Å². The average Bonchev–Trinajstić information content (AvgIpc) is 2.60. The van der Waals surface area contributed by atoms with E-state index in [2.05, 4.69) is 9.62 Å². The van der Waals surface area contributed by atoms with E-state index in [4.69, 9.17) is 11.6 Å². The average molecular weight is 410 g/mol. The van der Waals surface area contributed by atoms with Gasteiger partial charge >= 0.3 is 5.97 Å². The maximum Gasteiger partial charge on any atom is 0.335 e. The van der Waals surface area contributed by atoms with Gasteiger partial charge in [0.25, 0.3) is 0 Å². The van der Waals surface area contributed by atoms with Crippen LogP contribution < -0.4 is 14.5 Å². The second-order valence-corrected chi connectivity index (χ2v) is 8.55. The molecule has 2 N–H and O–H groups in total. The highest BCUT2D eigenvalue weighted by Gasteiger charge is 2.21. The molecule has 3 rings (SSSR count). The Kier molecular flexibility index (Phi) is 5.48. The molecule has 1 aliphatic heterocycles. The van der Waals surface area contributed by atoms with Crippen molar-refractivity contribution in [3.05, 3.63) is 53.1 Å². The van der Waals surface area contributed by atoms with Gasteiger partial charge in [0.2, 0.25) is 10.0 Å². The van der Waals surface area contributed by atoms with Gasteiger partial charge in [0.05, 0.1) is 23.2 Å². The van der Waals surface area contributed by atoms with Crippen molar-refractivity contribution >= 4 is 44.7 Å². The van der Waals surface area contributed by atoms with Crippen LogP contribution in [0.1, 0.15) is 10.4 Å². The molecular weight excluding hydrogens is 390 g/mol. The van der Waals surface area contributed by atoms with Gasteiger partial charge in [-0.3, -0.25) is 4.72 Å². The Balaban J connectivity index is 1.81. The maximum atomic E-state index is 11.7. The minimum atomic E-state index is -3.53. The number of nitrogens with one attached hydrogen (secondary N) is 1. The van der Waals surface area contributed by atoms with Crippen molar-refractivity contribution in [2.45, 2.75) is 0 Å². The predicted molar refractivity (Wildman–Crippen MR) is 108 cm³/mol. The summed E-state index contributed by atoms with van der Waals surface area (Å²) in [5, 5.41) is 9.86. The topological polar surface area (TPSA) is 89.9 Å². The van der Waals surface area contributed by atoms with Crippen LogP contribution in [-0.2, 0) is 10.0 Å². The first-order valence-electron chi connectivity index (χ1n) is 8.33. The first-order valence-corrected chi connectivity index (χ1v) is 10.6. The molecular formula is C18H20ClN3O4S. The smallest absolute Gasteiger partial charge is 0.335 e. The summed E-state index contributed by atoms with van der Waals surface area (Å²) in [6, 6.07) is 12.1. The molecule has 27 heavy (non-hydrogen) atoms. The molecule has 0 atom stereocenters. The van der Waals surface area contributed by atoms with E-state index in [0.717, 1.165) is 25.0 Å². The first kappa shape index (κ1) is 19.3. The van der Waals surface area contributed by atoms with Crippen molar-refractivity contribution in [1.29, 1.82) is 0 Å². The van der Waals surface area contributed by atoms with Gasteiger partial charge < -0.3 is 14.9 Å². The highest BCUT2D eigenvalue weighted by Crippen LogP contribution is 2.30. The van der Waals surface area contributed by atoms with Crippen molar-refractivity contribution in [1.82, 2.24) is 0 Å². The largest absolute Gasteiger partial charge is 0.478 e. The van der Waals surface area contributed by atoms with E-state index in [1.54, 1.807) is 6.07 Å². The number of aromatic carboxylic acids is 1. The zero-order chi connectivity index (χ0) is 19.6.